The zero-order valence-corrected chi connectivity index (χ0v) is 23.7. The Hall–Kier alpha value is -3.27. The summed E-state index contributed by atoms with van der Waals surface area (Å²) in [6.07, 6.45) is 3.92. The molecule has 2 fully saturated rings. The number of pyridine rings is 1. The van der Waals surface area contributed by atoms with Crippen molar-refractivity contribution in [2.75, 3.05) is 7.05 Å². The van der Waals surface area contributed by atoms with Crippen LogP contribution in [0.15, 0.2) is 30.3 Å². The predicted octanol–water partition coefficient (Wildman–Crippen LogP) is 7.66. The molecule has 2 aromatic heterocycles. The van der Waals surface area contributed by atoms with Crippen molar-refractivity contribution in [1.82, 2.24) is 25.4 Å². The average Bonchev–Trinajstić information content (AvgIpc) is 3.60. The van der Waals surface area contributed by atoms with Gasteiger partial charge < -0.3 is 10.2 Å². The van der Waals surface area contributed by atoms with E-state index < -0.39 is 11.9 Å². The number of alkyl halides is 3. The summed E-state index contributed by atoms with van der Waals surface area (Å²) in [6, 6.07) is 8.57. The molecule has 0 aliphatic heterocycles. The van der Waals surface area contributed by atoms with Crippen molar-refractivity contribution < 1.29 is 13.2 Å². The van der Waals surface area contributed by atoms with Crippen LogP contribution in [0.3, 0.4) is 0 Å². The molecule has 0 amide bonds. The van der Waals surface area contributed by atoms with Gasteiger partial charge in [0, 0.05) is 36.0 Å². The number of amidine groups is 1. The van der Waals surface area contributed by atoms with E-state index in [1.54, 1.807) is 7.05 Å². The molecule has 7 nitrogen and oxygen atoms in total. The molecule has 3 aromatic rings. The highest BCUT2D eigenvalue weighted by Gasteiger charge is 2.36. The Balaban J connectivity index is 0.00000181. The summed E-state index contributed by atoms with van der Waals surface area (Å²) >= 11 is 0. The van der Waals surface area contributed by atoms with Gasteiger partial charge >= 0.3 is 6.18 Å². The minimum atomic E-state index is -4.59. The van der Waals surface area contributed by atoms with E-state index in [2.05, 4.69) is 20.5 Å². The maximum Gasteiger partial charge on any atom is 0.433 e. The van der Waals surface area contributed by atoms with Crippen molar-refractivity contribution in [3.63, 3.8) is 0 Å². The summed E-state index contributed by atoms with van der Waals surface area (Å²) in [5.41, 5.74) is 1.92. The van der Waals surface area contributed by atoms with Crippen LogP contribution in [-0.4, -0.2) is 45.3 Å². The number of rotatable bonds is 8. The van der Waals surface area contributed by atoms with Crippen molar-refractivity contribution in [3.05, 3.63) is 47.3 Å². The zero-order chi connectivity index (χ0) is 29.0. The first-order valence-corrected chi connectivity index (χ1v) is 14.3. The van der Waals surface area contributed by atoms with Gasteiger partial charge in [-0.15, -0.1) is 0 Å². The number of hydrogen-bond acceptors (Lipinski definition) is 5. The summed E-state index contributed by atoms with van der Waals surface area (Å²) in [7, 11) is 1.69. The smallest absolute Gasteiger partial charge is 0.324 e. The number of H-pyrrole nitrogens is 1. The summed E-state index contributed by atoms with van der Waals surface area (Å²) in [4.78, 5) is 5.55. The molecule has 216 valence electrons. The number of aromatic nitrogens is 3. The van der Waals surface area contributed by atoms with Gasteiger partial charge in [0.2, 0.25) is 0 Å². The van der Waals surface area contributed by atoms with Crippen LogP contribution in [0.25, 0.3) is 22.2 Å². The minimum Gasteiger partial charge on any atom is -0.324 e. The summed E-state index contributed by atoms with van der Waals surface area (Å²) < 4.78 is 41.8. The van der Waals surface area contributed by atoms with Crippen LogP contribution in [0.2, 0.25) is 0 Å². The van der Waals surface area contributed by atoms with Crippen molar-refractivity contribution in [1.29, 1.82) is 10.8 Å². The van der Waals surface area contributed by atoms with E-state index in [0.29, 0.717) is 39.6 Å². The molecule has 2 atom stereocenters. The second kappa shape index (κ2) is 12.5. The van der Waals surface area contributed by atoms with E-state index in [-0.39, 0.29) is 18.0 Å². The van der Waals surface area contributed by atoms with Crippen LogP contribution in [0.4, 0.5) is 13.2 Å². The number of nitrogens with one attached hydrogen (secondary N) is 4. The third kappa shape index (κ3) is 6.06. The number of fused-ring (bicyclic) bond motifs is 1. The Morgan fingerprint density at radius 3 is 2.42 bits per heavy atom. The lowest BCUT2D eigenvalue weighted by Gasteiger charge is -2.36. The number of halogens is 3. The number of aromatic amines is 1. The van der Waals surface area contributed by atoms with Gasteiger partial charge in [-0.1, -0.05) is 51.3 Å². The lowest BCUT2D eigenvalue weighted by Crippen LogP contribution is -2.36. The minimum absolute atomic E-state index is 0.195. The van der Waals surface area contributed by atoms with Gasteiger partial charge in [-0.3, -0.25) is 15.9 Å². The molecule has 0 spiro atoms. The van der Waals surface area contributed by atoms with Crippen molar-refractivity contribution in [2.45, 2.75) is 89.9 Å². The quantitative estimate of drug-likeness (QED) is 0.169. The van der Waals surface area contributed by atoms with Crippen molar-refractivity contribution >= 4 is 23.1 Å². The molecule has 2 aliphatic rings. The zero-order valence-electron chi connectivity index (χ0n) is 23.7. The summed E-state index contributed by atoms with van der Waals surface area (Å²) in [6.45, 7) is 5.86. The highest BCUT2D eigenvalue weighted by molar-refractivity contribution is 5.96. The first-order valence-electron chi connectivity index (χ1n) is 14.3. The van der Waals surface area contributed by atoms with E-state index in [1.165, 1.54) is 4.90 Å². The SMILES string of the molecule is CC.CC(NC1CCCC1)c1nc(C(F)(F)F)cc2c(-c3cccc(C(C(=N)N(C)C=N)C4CCC4)c3)n[nH]c12. The van der Waals surface area contributed by atoms with Gasteiger partial charge in [0.05, 0.1) is 17.5 Å². The molecule has 0 bridgehead atoms. The van der Waals surface area contributed by atoms with E-state index >= 15 is 0 Å². The van der Waals surface area contributed by atoms with Crippen molar-refractivity contribution in [3.8, 4) is 11.3 Å². The number of likely N-dealkylation sites (N-methyl/N-ethyl adjacent to an activating group) is 1. The van der Waals surface area contributed by atoms with E-state index in [9.17, 15) is 13.2 Å². The van der Waals surface area contributed by atoms with Crippen LogP contribution in [0.5, 0.6) is 0 Å². The normalized spacial score (nSPS) is 17.6. The Kier molecular flexibility index (Phi) is 9.28. The standard InChI is InChI=1S/C28H34F3N7.C2H6/c1-16(34-20-11-3-4-12-20)24-26-21(14-22(35-24)28(29,30)31)25(36-37-26)19-10-6-9-18(13-19)23(17-7-5-8-17)27(33)38(2)15-32;1-2/h6,9-10,13-17,20,23,32-34H,3-5,7-8,11-12H2,1-2H3,(H,36,37);1-2H3. The van der Waals surface area contributed by atoms with Crippen molar-refractivity contribution in [2.24, 2.45) is 5.92 Å². The molecule has 0 saturated heterocycles. The molecule has 40 heavy (non-hydrogen) atoms. The van der Waals surface area contributed by atoms with Crippen LogP contribution in [0, 0.1) is 16.7 Å². The monoisotopic (exact) mass is 555 g/mol. The molecular formula is C30H40F3N7. The molecule has 2 unspecified atom stereocenters. The Morgan fingerprint density at radius 2 is 1.82 bits per heavy atom. The van der Waals surface area contributed by atoms with E-state index in [1.807, 2.05) is 45.0 Å². The highest BCUT2D eigenvalue weighted by atomic mass is 19.4. The van der Waals surface area contributed by atoms with Crippen LogP contribution < -0.4 is 5.32 Å². The summed E-state index contributed by atoms with van der Waals surface area (Å²) in [5, 5.41) is 27.6. The molecule has 4 N–H and O–H groups in total. The second-order valence-electron chi connectivity index (χ2n) is 10.7. The first-order chi connectivity index (χ1) is 19.2. The third-order valence-corrected chi connectivity index (χ3v) is 8.13. The van der Waals surface area contributed by atoms with Crippen LogP contribution in [-0.2, 0) is 6.18 Å². The lowest BCUT2D eigenvalue weighted by atomic mass is 9.72. The van der Waals surface area contributed by atoms with Gasteiger partial charge in [0.25, 0.3) is 0 Å². The Morgan fingerprint density at radius 1 is 1.12 bits per heavy atom. The maximum atomic E-state index is 13.9. The first kappa shape index (κ1) is 29.7. The van der Waals surface area contributed by atoms with Gasteiger partial charge in [-0.05, 0) is 56.2 Å². The molecule has 10 heteroatoms. The highest BCUT2D eigenvalue weighted by Crippen LogP contribution is 2.42. The molecule has 2 aliphatic carbocycles. The number of hydrogen-bond donors (Lipinski definition) is 4. The van der Waals surface area contributed by atoms with Gasteiger partial charge in [-0.2, -0.15) is 18.3 Å². The Bertz CT molecular complexity index is 1320. The molecule has 2 heterocycles. The maximum absolute atomic E-state index is 13.9. The predicted molar refractivity (Wildman–Crippen MR) is 154 cm³/mol. The average molecular weight is 556 g/mol. The van der Waals surface area contributed by atoms with Gasteiger partial charge in [-0.25, -0.2) is 4.98 Å². The fourth-order valence-corrected chi connectivity index (χ4v) is 5.84. The molecule has 5 rings (SSSR count). The number of nitrogens with zero attached hydrogens (tertiary/aromatic N) is 3. The van der Waals surface area contributed by atoms with Crippen LogP contribution in [0.1, 0.15) is 94.6 Å². The topological polar surface area (TPSA) is 105 Å². The Labute approximate surface area is 234 Å². The van der Waals surface area contributed by atoms with E-state index in [4.69, 9.17) is 10.8 Å². The third-order valence-electron chi connectivity index (χ3n) is 8.13. The van der Waals surface area contributed by atoms with Gasteiger partial charge in [0.1, 0.15) is 17.2 Å². The molecule has 0 radical (unpaired) electrons. The molecule has 2 saturated carbocycles. The second-order valence-corrected chi connectivity index (χ2v) is 10.7. The van der Waals surface area contributed by atoms with E-state index in [0.717, 1.165) is 62.9 Å². The molecular weight excluding hydrogens is 515 g/mol. The number of benzene rings is 1. The fourth-order valence-electron chi connectivity index (χ4n) is 5.84. The summed E-state index contributed by atoms with van der Waals surface area (Å²) in [5.74, 6) is 0.441. The largest absolute Gasteiger partial charge is 0.433 e. The lowest BCUT2D eigenvalue weighted by molar-refractivity contribution is -0.141. The van der Waals surface area contributed by atoms with Gasteiger partial charge in [0.15, 0.2) is 0 Å². The fraction of sp³-hybridized carbons (Fsp3) is 0.533. The molecule has 1 aromatic carbocycles. The van der Waals surface area contributed by atoms with Crippen LogP contribution >= 0.6 is 0 Å².